The van der Waals surface area contributed by atoms with Gasteiger partial charge in [0.25, 0.3) is 5.56 Å². The molecule has 1 aliphatic carbocycles. The normalized spacial score (nSPS) is 27.9. The van der Waals surface area contributed by atoms with Crippen LogP contribution in [0.1, 0.15) is 12.8 Å². The van der Waals surface area contributed by atoms with Gasteiger partial charge < -0.3 is 10.6 Å². The number of amides is 1. The third kappa shape index (κ3) is 2.69. The number of hydrogen-bond donors (Lipinski definition) is 2. The van der Waals surface area contributed by atoms with Crippen LogP contribution in [0.3, 0.4) is 0 Å². The zero-order valence-corrected chi connectivity index (χ0v) is 13.0. The Bertz CT molecular complexity index is 683. The number of nitrogens with one attached hydrogen (secondary N) is 1. The molecular formula is C13H17BrN4O3. The molecule has 21 heavy (non-hydrogen) atoms. The SMILES string of the molecule is NC1CCC2CN(C(=O)Cn3cc(Br)c(=O)[nH]c3=O)CC12. The van der Waals surface area contributed by atoms with E-state index >= 15 is 0 Å². The van der Waals surface area contributed by atoms with Crippen LogP contribution in [0.15, 0.2) is 20.3 Å². The Morgan fingerprint density at radius 1 is 1.38 bits per heavy atom. The zero-order valence-electron chi connectivity index (χ0n) is 11.4. The first-order valence-corrected chi connectivity index (χ1v) is 7.77. The smallest absolute Gasteiger partial charge is 0.328 e. The van der Waals surface area contributed by atoms with Crippen molar-refractivity contribution in [3.8, 4) is 0 Å². The van der Waals surface area contributed by atoms with E-state index in [4.69, 9.17) is 5.73 Å². The van der Waals surface area contributed by atoms with Crippen molar-refractivity contribution >= 4 is 21.8 Å². The van der Waals surface area contributed by atoms with Crippen LogP contribution in [-0.4, -0.2) is 39.5 Å². The van der Waals surface area contributed by atoms with Gasteiger partial charge in [-0.05, 0) is 40.6 Å². The van der Waals surface area contributed by atoms with Gasteiger partial charge in [-0.3, -0.25) is 19.1 Å². The molecule has 1 amide bonds. The molecule has 3 N–H and O–H groups in total. The third-order valence-corrected chi connectivity index (χ3v) is 5.10. The van der Waals surface area contributed by atoms with Gasteiger partial charge in [-0.15, -0.1) is 0 Å². The van der Waals surface area contributed by atoms with Gasteiger partial charge in [-0.25, -0.2) is 4.79 Å². The zero-order chi connectivity index (χ0) is 15.1. The van der Waals surface area contributed by atoms with Gasteiger partial charge in [-0.2, -0.15) is 0 Å². The summed E-state index contributed by atoms with van der Waals surface area (Å²) in [7, 11) is 0. The summed E-state index contributed by atoms with van der Waals surface area (Å²) in [6.07, 6.45) is 3.45. The average Bonchev–Trinajstić information content (AvgIpc) is 2.99. The molecule has 2 fully saturated rings. The maximum atomic E-state index is 12.3. The molecule has 1 aliphatic heterocycles. The van der Waals surface area contributed by atoms with Gasteiger partial charge in [-0.1, -0.05) is 0 Å². The second-order valence-corrected chi connectivity index (χ2v) is 6.68. The number of halogens is 1. The fraction of sp³-hybridized carbons (Fsp3) is 0.615. The highest BCUT2D eigenvalue weighted by atomic mass is 79.9. The predicted octanol–water partition coefficient (Wildman–Crippen LogP) is -0.505. The van der Waals surface area contributed by atoms with Crippen LogP contribution in [-0.2, 0) is 11.3 Å². The highest BCUT2D eigenvalue weighted by Crippen LogP contribution is 2.37. The second kappa shape index (κ2) is 5.42. The molecule has 0 spiro atoms. The van der Waals surface area contributed by atoms with E-state index in [0.29, 0.717) is 18.4 Å². The molecule has 2 heterocycles. The molecule has 7 nitrogen and oxygen atoms in total. The van der Waals surface area contributed by atoms with E-state index in [1.54, 1.807) is 4.90 Å². The Hall–Kier alpha value is -1.41. The molecule has 0 radical (unpaired) electrons. The van der Waals surface area contributed by atoms with E-state index in [1.807, 2.05) is 0 Å². The molecule has 3 unspecified atom stereocenters. The van der Waals surface area contributed by atoms with Crippen molar-refractivity contribution in [3.63, 3.8) is 0 Å². The molecule has 1 saturated carbocycles. The molecular weight excluding hydrogens is 340 g/mol. The number of likely N-dealkylation sites (tertiary alicyclic amines) is 1. The number of carbonyl (C=O) groups is 1. The maximum Gasteiger partial charge on any atom is 0.328 e. The number of H-pyrrole nitrogens is 1. The van der Waals surface area contributed by atoms with Crippen LogP contribution < -0.4 is 17.0 Å². The minimum absolute atomic E-state index is 0.0666. The highest BCUT2D eigenvalue weighted by Gasteiger charge is 2.42. The highest BCUT2D eigenvalue weighted by molar-refractivity contribution is 9.10. The van der Waals surface area contributed by atoms with Gasteiger partial charge in [0.15, 0.2) is 0 Å². The van der Waals surface area contributed by atoms with E-state index in [-0.39, 0.29) is 23.0 Å². The Kier molecular flexibility index (Phi) is 3.75. The van der Waals surface area contributed by atoms with Crippen LogP contribution in [0.5, 0.6) is 0 Å². The number of carbonyl (C=O) groups excluding carboxylic acids is 1. The summed E-state index contributed by atoms with van der Waals surface area (Å²) in [4.78, 5) is 39.2. The summed E-state index contributed by atoms with van der Waals surface area (Å²) in [6, 6.07) is 0.178. The summed E-state index contributed by atoms with van der Waals surface area (Å²) in [6.45, 7) is 1.32. The van der Waals surface area contributed by atoms with Crippen LogP contribution >= 0.6 is 15.9 Å². The predicted molar refractivity (Wildman–Crippen MR) is 79.8 cm³/mol. The molecule has 1 saturated heterocycles. The van der Waals surface area contributed by atoms with Crippen molar-refractivity contribution < 1.29 is 4.79 Å². The van der Waals surface area contributed by atoms with E-state index in [0.717, 1.165) is 19.4 Å². The summed E-state index contributed by atoms with van der Waals surface area (Å²) in [5.74, 6) is 0.758. The topological polar surface area (TPSA) is 101 Å². The van der Waals surface area contributed by atoms with E-state index in [2.05, 4.69) is 20.9 Å². The average molecular weight is 357 g/mol. The van der Waals surface area contributed by atoms with Crippen LogP contribution in [0.25, 0.3) is 0 Å². The number of hydrogen-bond acceptors (Lipinski definition) is 4. The lowest BCUT2D eigenvalue weighted by molar-refractivity contribution is -0.131. The lowest BCUT2D eigenvalue weighted by Gasteiger charge is -2.19. The fourth-order valence-electron chi connectivity index (χ4n) is 3.36. The van der Waals surface area contributed by atoms with Crippen LogP contribution in [0.4, 0.5) is 0 Å². The number of aromatic amines is 1. The molecule has 1 aromatic rings. The largest absolute Gasteiger partial charge is 0.341 e. The van der Waals surface area contributed by atoms with Gasteiger partial charge in [0.1, 0.15) is 6.54 Å². The standard InChI is InChI=1S/C13H17BrN4O3/c14-9-5-18(13(21)16-12(9)20)6-11(19)17-3-7-1-2-10(15)8(7)4-17/h5,7-8,10H,1-4,6,15H2,(H,16,20,21). The lowest BCUT2D eigenvalue weighted by atomic mass is 9.98. The van der Waals surface area contributed by atoms with Crippen LogP contribution in [0, 0.1) is 11.8 Å². The Labute approximate surface area is 129 Å². The van der Waals surface area contributed by atoms with Crippen molar-refractivity contribution in [1.82, 2.24) is 14.5 Å². The van der Waals surface area contributed by atoms with Gasteiger partial charge in [0.05, 0.1) is 4.47 Å². The first-order valence-electron chi connectivity index (χ1n) is 6.98. The van der Waals surface area contributed by atoms with Crippen molar-refractivity contribution in [2.75, 3.05) is 13.1 Å². The number of nitrogens with zero attached hydrogens (tertiary/aromatic N) is 2. The Morgan fingerprint density at radius 3 is 2.86 bits per heavy atom. The van der Waals surface area contributed by atoms with Gasteiger partial charge >= 0.3 is 5.69 Å². The van der Waals surface area contributed by atoms with E-state index in [1.165, 1.54) is 10.8 Å². The van der Waals surface area contributed by atoms with Crippen molar-refractivity contribution in [2.24, 2.45) is 17.6 Å². The molecule has 2 aliphatic rings. The monoisotopic (exact) mass is 356 g/mol. The van der Waals surface area contributed by atoms with Crippen molar-refractivity contribution in [1.29, 1.82) is 0 Å². The quantitative estimate of drug-likeness (QED) is 0.745. The van der Waals surface area contributed by atoms with Gasteiger partial charge in [0, 0.05) is 25.3 Å². The minimum atomic E-state index is -0.576. The number of nitrogens with two attached hydrogens (primary N) is 1. The maximum absolute atomic E-state index is 12.3. The number of aromatic nitrogens is 2. The summed E-state index contributed by atoms with van der Waals surface area (Å²) in [5.41, 5.74) is 4.99. The summed E-state index contributed by atoms with van der Waals surface area (Å²) >= 11 is 3.06. The molecule has 1 aromatic heterocycles. The fourth-order valence-corrected chi connectivity index (χ4v) is 3.70. The molecule has 8 heteroatoms. The van der Waals surface area contributed by atoms with E-state index < -0.39 is 11.2 Å². The lowest BCUT2D eigenvalue weighted by Crippen LogP contribution is -2.39. The van der Waals surface area contributed by atoms with Gasteiger partial charge in [0.2, 0.25) is 5.91 Å². The first-order chi connectivity index (χ1) is 9.95. The molecule has 0 aromatic carbocycles. The second-order valence-electron chi connectivity index (χ2n) is 5.83. The van der Waals surface area contributed by atoms with E-state index in [9.17, 15) is 14.4 Å². The molecule has 3 rings (SSSR count). The Balaban J connectivity index is 1.72. The number of fused-ring (bicyclic) bond motifs is 1. The molecule has 114 valence electrons. The first kappa shape index (κ1) is 14.5. The van der Waals surface area contributed by atoms with Crippen molar-refractivity contribution in [2.45, 2.75) is 25.4 Å². The summed E-state index contributed by atoms with van der Waals surface area (Å²) in [5, 5.41) is 0. The van der Waals surface area contributed by atoms with Crippen LogP contribution in [0.2, 0.25) is 0 Å². The minimum Gasteiger partial charge on any atom is -0.341 e. The van der Waals surface area contributed by atoms with Crippen molar-refractivity contribution in [3.05, 3.63) is 31.5 Å². The third-order valence-electron chi connectivity index (χ3n) is 4.54. The summed E-state index contributed by atoms with van der Waals surface area (Å²) < 4.78 is 1.44. The number of rotatable bonds is 2. The Morgan fingerprint density at radius 2 is 2.14 bits per heavy atom. The molecule has 3 atom stereocenters. The molecule has 0 bridgehead atoms.